The van der Waals surface area contributed by atoms with E-state index in [1.54, 1.807) is 0 Å². The highest BCUT2D eigenvalue weighted by Gasteiger charge is 2.25. The van der Waals surface area contributed by atoms with E-state index in [0.717, 1.165) is 6.04 Å². The maximum absolute atomic E-state index is 3.65. The first-order chi connectivity index (χ1) is 8.33. The predicted molar refractivity (Wildman–Crippen MR) is 72.4 cm³/mol. The van der Waals surface area contributed by atoms with E-state index in [-0.39, 0.29) is 0 Å². The fraction of sp³-hybridized carbons (Fsp3) is 0.600. The summed E-state index contributed by atoms with van der Waals surface area (Å²) in [7, 11) is 2.29. The Labute approximate surface area is 104 Å². The molecule has 1 unspecified atom stereocenters. The minimum atomic E-state index is 0.609. The van der Waals surface area contributed by atoms with Gasteiger partial charge in [-0.15, -0.1) is 0 Å². The number of benzene rings is 1. The van der Waals surface area contributed by atoms with Crippen molar-refractivity contribution in [1.82, 2.24) is 4.90 Å². The zero-order chi connectivity index (χ0) is 11.7. The van der Waals surface area contributed by atoms with Gasteiger partial charge in [0.05, 0.1) is 0 Å². The molecule has 1 aromatic rings. The molecule has 0 amide bonds. The first kappa shape index (κ1) is 11.1. The van der Waals surface area contributed by atoms with Crippen molar-refractivity contribution >= 4 is 5.69 Å². The molecule has 17 heavy (non-hydrogen) atoms. The van der Waals surface area contributed by atoms with Gasteiger partial charge in [-0.25, -0.2) is 0 Å². The van der Waals surface area contributed by atoms with E-state index >= 15 is 0 Å². The Balaban J connectivity index is 1.58. The van der Waals surface area contributed by atoms with Gasteiger partial charge in [-0.2, -0.15) is 0 Å². The number of hydrogen-bond donors (Lipinski definition) is 1. The van der Waals surface area contributed by atoms with Gasteiger partial charge >= 0.3 is 0 Å². The number of nitrogens with one attached hydrogen (secondary N) is 1. The van der Waals surface area contributed by atoms with Crippen LogP contribution in [0.3, 0.4) is 0 Å². The number of nitrogens with zero attached hydrogens (tertiary/aromatic N) is 1. The van der Waals surface area contributed by atoms with E-state index in [1.807, 2.05) is 0 Å². The van der Waals surface area contributed by atoms with E-state index in [9.17, 15) is 0 Å². The van der Waals surface area contributed by atoms with Gasteiger partial charge in [-0.05, 0) is 37.9 Å². The Morgan fingerprint density at radius 2 is 2.00 bits per heavy atom. The van der Waals surface area contributed by atoms with Crippen LogP contribution in [0.1, 0.15) is 31.2 Å². The average molecular weight is 230 g/mol. The summed E-state index contributed by atoms with van der Waals surface area (Å²) in [5, 5.41) is 3.65. The molecule has 1 aromatic carbocycles. The summed E-state index contributed by atoms with van der Waals surface area (Å²) in [6.45, 7) is 1.18. The molecule has 92 valence electrons. The number of likely N-dealkylation sites (N-methyl/N-ethyl adjacent to an activating group) is 1. The Morgan fingerprint density at radius 1 is 1.24 bits per heavy atom. The van der Waals surface area contributed by atoms with Crippen LogP contribution in [0.4, 0.5) is 5.69 Å². The van der Waals surface area contributed by atoms with Crippen LogP contribution in [0, 0.1) is 0 Å². The summed E-state index contributed by atoms with van der Waals surface area (Å²) < 4.78 is 0. The molecular formula is C15H22N2. The summed E-state index contributed by atoms with van der Waals surface area (Å²) in [4.78, 5) is 2.57. The molecule has 1 heterocycles. The lowest BCUT2D eigenvalue weighted by molar-refractivity contribution is 0.237. The van der Waals surface area contributed by atoms with Crippen molar-refractivity contribution in [1.29, 1.82) is 0 Å². The molecule has 1 fully saturated rings. The quantitative estimate of drug-likeness (QED) is 0.859. The highest BCUT2D eigenvalue weighted by atomic mass is 15.2. The van der Waals surface area contributed by atoms with Gasteiger partial charge < -0.3 is 10.2 Å². The van der Waals surface area contributed by atoms with Crippen LogP contribution in [-0.2, 0) is 6.42 Å². The fourth-order valence-corrected chi connectivity index (χ4v) is 3.33. The van der Waals surface area contributed by atoms with E-state index in [4.69, 9.17) is 0 Å². The van der Waals surface area contributed by atoms with Crippen LogP contribution in [0.25, 0.3) is 0 Å². The topological polar surface area (TPSA) is 15.3 Å². The van der Waals surface area contributed by atoms with Crippen molar-refractivity contribution in [2.75, 3.05) is 18.9 Å². The maximum Gasteiger partial charge on any atom is 0.0429 e. The smallest absolute Gasteiger partial charge is 0.0429 e. The lowest BCUT2D eigenvalue weighted by Crippen LogP contribution is -2.38. The second-order valence-corrected chi connectivity index (χ2v) is 5.58. The van der Waals surface area contributed by atoms with Gasteiger partial charge in [0.25, 0.3) is 0 Å². The summed E-state index contributed by atoms with van der Waals surface area (Å²) in [5.74, 6) is 0. The highest BCUT2D eigenvalue weighted by molar-refractivity contribution is 5.56. The second kappa shape index (κ2) is 4.69. The molecule has 0 radical (unpaired) electrons. The number of anilines is 1. The van der Waals surface area contributed by atoms with Gasteiger partial charge in [0.2, 0.25) is 0 Å². The molecule has 1 N–H and O–H groups in total. The van der Waals surface area contributed by atoms with Gasteiger partial charge in [0, 0.05) is 24.3 Å². The standard InChI is InChI=1S/C15H22N2/c1-17(14-7-3-4-8-14)11-13-10-12-6-2-5-9-15(12)16-13/h2,5-6,9,13-14,16H,3-4,7-8,10-11H2,1H3. The summed E-state index contributed by atoms with van der Waals surface area (Å²) >= 11 is 0. The molecule has 1 saturated carbocycles. The van der Waals surface area contributed by atoms with E-state index in [2.05, 4.69) is 41.5 Å². The van der Waals surface area contributed by atoms with Crippen LogP contribution < -0.4 is 5.32 Å². The molecule has 0 saturated heterocycles. The minimum Gasteiger partial charge on any atom is -0.380 e. The minimum absolute atomic E-state index is 0.609. The first-order valence-corrected chi connectivity index (χ1v) is 6.87. The lowest BCUT2D eigenvalue weighted by atomic mass is 10.1. The van der Waals surface area contributed by atoms with Gasteiger partial charge in [0.1, 0.15) is 0 Å². The van der Waals surface area contributed by atoms with Crippen molar-refractivity contribution in [2.24, 2.45) is 0 Å². The van der Waals surface area contributed by atoms with Crippen LogP contribution in [0.2, 0.25) is 0 Å². The van der Waals surface area contributed by atoms with Gasteiger partial charge in [0.15, 0.2) is 0 Å². The Hall–Kier alpha value is -1.02. The molecule has 0 bridgehead atoms. The number of para-hydroxylation sites is 1. The summed E-state index contributed by atoms with van der Waals surface area (Å²) in [6, 6.07) is 10.2. The third-order valence-electron chi connectivity index (χ3n) is 4.30. The van der Waals surface area contributed by atoms with E-state index in [1.165, 1.54) is 49.9 Å². The number of hydrogen-bond acceptors (Lipinski definition) is 2. The molecule has 1 aliphatic heterocycles. The molecule has 1 atom stereocenters. The molecule has 0 spiro atoms. The Kier molecular flexibility index (Phi) is 3.06. The maximum atomic E-state index is 3.65. The molecule has 2 aliphatic rings. The summed E-state index contributed by atoms with van der Waals surface area (Å²) in [5.41, 5.74) is 2.83. The van der Waals surface area contributed by atoms with Gasteiger partial charge in [-0.3, -0.25) is 0 Å². The first-order valence-electron chi connectivity index (χ1n) is 6.87. The Morgan fingerprint density at radius 3 is 2.76 bits per heavy atom. The molecular weight excluding hydrogens is 208 g/mol. The molecule has 0 aromatic heterocycles. The van der Waals surface area contributed by atoms with Crippen LogP contribution in [0.15, 0.2) is 24.3 Å². The zero-order valence-electron chi connectivity index (χ0n) is 10.7. The molecule has 3 rings (SSSR count). The van der Waals surface area contributed by atoms with Crippen molar-refractivity contribution in [3.63, 3.8) is 0 Å². The second-order valence-electron chi connectivity index (χ2n) is 5.58. The SMILES string of the molecule is CN(CC1Cc2ccccc2N1)C1CCCC1. The fourth-order valence-electron chi connectivity index (χ4n) is 3.33. The normalized spacial score (nSPS) is 24.0. The summed E-state index contributed by atoms with van der Waals surface area (Å²) in [6.07, 6.45) is 6.83. The van der Waals surface area contributed by atoms with Crippen LogP contribution in [-0.4, -0.2) is 30.6 Å². The molecule has 2 heteroatoms. The number of rotatable bonds is 3. The van der Waals surface area contributed by atoms with Gasteiger partial charge in [-0.1, -0.05) is 31.0 Å². The predicted octanol–water partition coefficient (Wildman–Crippen LogP) is 2.90. The van der Waals surface area contributed by atoms with Crippen molar-refractivity contribution in [2.45, 2.75) is 44.2 Å². The van der Waals surface area contributed by atoms with Crippen LogP contribution in [0.5, 0.6) is 0 Å². The third kappa shape index (κ3) is 2.32. The lowest BCUT2D eigenvalue weighted by Gasteiger charge is -2.27. The van der Waals surface area contributed by atoms with E-state index in [0.29, 0.717) is 6.04 Å². The highest BCUT2D eigenvalue weighted by Crippen LogP contribution is 2.27. The monoisotopic (exact) mass is 230 g/mol. The molecule has 1 aliphatic carbocycles. The largest absolute Gasteiger partial charge is 0.380 e. The van der Waals surface area contributed by atoms with Crippen molar-refractivity contribution < 1.29 is 0 Å². The van der Waals surface area contributed by atoms with E-state index < -0.39 is 0 Å². The number of fused-ring (bicyclic) bond motifs is 1. The van der Waals surface area contributed by atoms with Crippen molar-refractivity contribution in [3.05, 3.63) is 29.8 Å². The zero-order valence-corrected chi connectivity index (χ0v) is 10.7. The van der Waals surface area contributed by atoms with Crippen LogP contribution >= 0.6 is 0 Å². The van der Waals surface area contributed by atoms with Crippen molar-refractivity contribution in [3.8, 4) is 0 Å². The Bertz CT molecular complexity index is 357. The average Bonchev–Trinajstić information content (AvgIpc) is 2.97. The molecule has 2 nitrogen and oxygen atoms in total. The third-order valence-corrected chi connectivity index (χ3v) is 4.30.